The largest absolute Gasteiger partial charge is 0.391 e. The summed E-state index contributed by atoms with van der Waals surface area (Å²) < 4.78 is 37.5. The molecule has 3 fully saturated rings. The molecule has 0 radical (unpaired) electrons. The van der Waals surface area contributed by atoms with Crippen LogP contribution in [0.3, 0.4) is 0 Å². The van der Waals surface area contributed by atoms with Gasteiger partial charge in [-0.1, -0.05) is 6.92 Å². The molecule has 2 aliphatic heterocycles. The third-order valence-electron chi connectivity index (χ3n) is 5.21. The molecule has 0 aromatic rings. The maximum atomic E-state index is 12.5. The predicted octanol–water partition coefficient (Wildman–Crippen LogP) is 2.27. The first-order valence-corrected chi connectivity index (χ1v) is 7.51. The van der Waals surface area contributed by atoms with Crippen LogP contribution in [-0.2, 0) is 4.79 Å². The van der Waals surface area contributed by atoms with Crippen molar-refractivity contribution in [1.82, 2.24) is 9.80 Å². The fourth-order valence-electron chi connectivity index (χ4n) is 3.91. The van der Waals surface area contributed by atoms with Crippen LogP contribution in [0.25, 0.3) is 0 Å². The summed E-state index contributed by atoms with van der Waals surface area (Å²) in [4.78, 5) is 16.7. The molecule has 6 heteroatoms. The summed E-state index contributed by atoms with van der Waals surface area (Å²) in [6.07, 6.45) is -2.13. The fourth-order valence-corrected chi connectivity index (χ4v) is 3.91. The van der Waals surface area contributed by atoms with Gasteiger partial charge in [0.1, 0.15) is 0 Å². The van der Waals surface area contributed by atoms with Crippen molar-refractivity contribution in [2.45, 2.75) is 50.9 Å². The zero-order valence-electron chi connectivity index (χ0n) is 11.7. The van der Waals surface area contributed by atoms with Crippen molar-refractivity contribution in [2.24, 2.45) is 11.8 Å². The summed E-state index contributed by atoms with van der Waals surface area (Å²) in [6, 6.07) is 0.456. The summed E-state index contributed by atoms with van der Waals surface area (Å²) in [5, 5.41) is 0. The third-order valence-corrected chi connectivity index (χ3v) is 5.21. The zero-order valence-corrected chi connectivity index (χ0v) is 11.7. The van der Waals surface area contributed by atoms with Crippen LogP contribution >= 0.6 is 0 Å². The number of carbonyl (C=O) groups is 1. The number of carbonyl (C=O) groups excluding carboxylic acids is 1. The number of fused-ring (bicyclic) bond motifs is 2. The second-order valence-electron chi connectivity index (χ2n) is 6.39. The number of piperazine rings is 1. The summed E-state index contributed by atoms with van der Waals surface area (Å²) in [5.74, 6) is -1.67. The highest BCUT2D eigenvalue weighted by Crippen LogP contribution is 2.46. The summed E-state index contributed by atoms with van der Waals surface area (Å²) in [7, 11) is 0. The Labute approximate surface area is 117 Å². The molecule has 3 nitrogen and oxygen atoms in total. The Bertz CT molecular complexity index is 378. The lowest BCUT2D eigenvalue weighted by Gasteiger charge is -2.45. The number of amides is 1. The highest BCUT2D eigenvalue weighted by Gasteiger charge is 2.53. The molecule has 0 spiro atoms. The van der Waals surface area contributed by atoms with E-state index in [1.54, 1.807) is 0 Å². The maximum absolute atomic E-state index is 12.5. The normalized spacial score (nSPS) is 37.9. The van der Waals surface area contributed by atoms with E-state index in [9.17, 15) is 18.0 Å². The molecule has 0 N–H and O–H groups in total. The first-order valence-electron chi connectivity index (χ1n) is 7.51. The van der Waals surface area contributed by atoms with E-state index < -0.39 is 18.0 Å². The summed E-state index contributed by atoms with van der Waals surface area (Å²) >= 11 is 0. The number of halogens is 3. The minimum Gasteiger partial charge on any atom is -0.334 e. The van der Waals surface area contributed by atoms with Crippen molar-refractivity contribution in [1.29, 1.82) is 0 Å². The second-order valence-corrected chi connectivity index (χ2v) is 6.39. The highest BCUT2D eigenvalue weighted by molar-refractivity contribution is 5.81. The number of likely N-dealkylation sites (tertiary alicyclic amines) is 1. The van der Waals surface area contributed by atoms with Gasteiger partial charge in [0.25, 0.3) is 0 Å². The monoisotopic (exact) mass is 290 g/mol. The first-order chi connectivity index (χ1) is 9.40. The highest BCUT2D eigenvalue weighted by atomic mass is 19.4. The Morgan fingerprint density at radius 2 is 1.70 bits per heavy atom. The lowest BCUT2D eigenvalue weighted by Crippen LogP contribution is -2.58. The SMILES string of the molecule is CCN1CC2CCC(C1)N2C(=O)C1CC(C(F)(F)F)C1. The van der Waals surface area contributed by atoms with Crippen LogP contribution in [-0.4, -0.2) is 53.6 Å². The molecule has 3 aliphatic rings. The van der Waals surface area contributed by atoms with E-state index in [4.69, 9.17) is 0 Å². The number of alkyl halides is 3. The fraction of sp³-hybridized carbons (Fsp3) is 0.929. The van der Waals surface area contributed by atoms with Crippen molar-refractivity contribution in [3.05, 3.63) is 0 Å². The van der Waals surface area contributed by atoms with Gasteiger partial charge < -0.3 is 4.90 Å². The second kappa shape index (κ2) is 4.90. The van der Waals surface area contributed by atoms with E-state index in [0.29, 0.717) is 0 Å². The molecular weight excluding hydrogens is 269 g/mol. The molecule has 1 saturated carbocycles. The van der Waals surface area contributed by atoms with Gasteiger partial charge in [0.15, 0.2) is 0 Å². The molecule has 1 aliphatic carbocycles. The number of nitrogens with zero attached hydrogens (tertiary/aromatic N) is 2. The molecule has 2 atom stereocenters. The topological polar surface area (TPSA) is 23.6 Å². The molecule has 2 saturated heterocycles. The minimum absolute atomic E-state index is 0.00420. The Hall–Kier alpha value is -0.780. The van der Waals surface area contributed by atoms with Gasteiger partial charge in [-0.3, -0.25) is 9.69 Å². The molecule has 3 rings (SSSR count). The Morgan fingerprint density at radius 1 is 1.15 bits per heavy atom. The van der Waals surface area contributed by atoms with E-state index >= 15 is 0 Å². The van der Waals surface area contributed by atoms with Crippen molar-refractivity contribution in [3.8, 4) is 0 Å². The van der Waals surface area contributed by atoms with Gasteiger partial charge >= 0.3 is 6.18 Å². The van der Waals surface area contributed by atoms with Gasteiger partial charge in [-0.05, 0) is 32.2 Å². The molecule has 2 heterocycles. The van der Waals surface area contributed by atoms with Crippen molar-refractivity contribution in [2.75, 3.05) is 19.6 Å². The molecular formula is C14H21F3N2O. The average Bonchev–Trinajstić information content (AvgIpc) is 2.56. The zero-order chi connectivity index (χ0) is 14.5. The lowest BCUT2D eigenvalue weighted by atomic mass is 9.73. The van der Waals surface area contributed by atoms with E-state index in [0.717, 1.165) is 32.5 Å². The van der Waals surface area contributed by atoms with Crippen LogP contribution in [0.1, 0.15) is 32.6 Å². The smallest absolute Gasteiger partial charge is 0.334 e. The lowest BCUT2D eigenvalue weighted by molar-refractivity contribution is -0.207. The van der Waals surface area contributed by atoms with E-state index in [2.05, 4.69) is 11.8 Å². The average molecular weight is 290 g/mol. The van der Waals surface area contributed by atoms with Crippen LogP contribution in [0.15, 0.2) is 0 Å². The quantitative estimate of drug-likeness (QED) is 0.779. The molecule has 0 aromatic carbocycles. The predicted molar refractivity (Wildman–Crippen MR) is 68.0 cm³/mol. The Morgan fingerprint density at radius 3 is 2.15 bits per heavy atom. The standard InChI is InChI=1S/C14H21F3N2O/c1-2-18-7-11-3-4-12(8-18)19(11)13(20)9-5-10(6-9)14(15,16)17/h9-12H,2-8H2,1H3. The molecule has 20 heavy (non-hydrogen) atoms. The van der Waals surface area contributed by atoms with Gasteiger partial charge in [-0.25, -0.2) is 0 Å². The number of hydrogen-bond acceptors (Lipinski definition) is 2. The van der Waals surface area contributed by atoms with E-state index in [1.807, 2.05) is 4.90 Å². The summed E-state index contributed by atoms with van der Waals surface area (Å²) in [5.41, 5.74) is 0. The van der Waals surface area contributed by atoms with Crippen LogP contribution in [0.2, 0.25) is 0 Å². The van der Waals surface area contributed by atoms with Crippen LogP contribution < -0.4 is 0 Å². The Balaban J connectivity index is 1.60. The van der Waals surface area contributed by atoms with Crippen molar-refractivity contribution in [3.63, 3.8) is 0 Å². The molecule has 2 bridgehead atoms. The first kappa shape index (κ1) is 14.2. The van der Waals surface area contributed by atoms with Crippen molar-refractivity contribution >= 4 is 5.91 Å². The van der Waals surface area contributed by atoms with Crippen molar-refractivity contribution < 1.29 is 18.0 Å². The van der Waals surface area contributed by atoms with Gasteiger partial charge in [0.05, 0.1) is 5.92 Å². The van der Waals surface area contributed by atoms with Gasteiger partial charge in [0, 0.05) is 31.1 Å². The van der Waals surface area contributed by atoms with Crippen LogP contribution in [0.4, 0.5) is 13.2 Å². The molecule has 2 unspecified atom stereocenters. The minimum atomic E-state index is -4.13. The van der Waals surface area contributed by atoms with Gasteiger partial charge in [0.2, 0.25) is 5.91 Å². The van der Waals surface area contributed by atoms with E-state index in [-0.39, 0.29) is 30.8 Å². The number of hydrogen-bond donors (Lipinski definition) is 0. The van der Waals surface area contributed by atoms with Gasteiger partial charge in [-0.15, -0.1) is 0 Å². The number of likely N-dealkylation sites (N-methyl/N-ethyl adjacent to an activating group) is 1. The molecule has 1 amide bonds. The molecule has 114 valence electrons. The number of rotatable bonds is 2. The molecule has 0 aromatic heterocycles. The van der Waals surface area contributed by atoms with E-state index in [1.165, 1.54) is 0 Å². The van der Waals surface area contributed by atoms with Crippen LogP contribution in [0.5, 0.6) is 0 Å². The third kappa shape index (κ3) is 2.32. The summed E-state index contributed by atoms with van der Waals surface area (Å²) in [6.45, 7) is 4.85. The maximum Gasteiger partial charge on any atom is 0.391 e. The Kier molecular flexibility index (Phi) is 3.47. The van der Waals surface area contributed by atoms with Gasteiger partial charge in [-0.2, -0.15) is 13.2 Å². The van der Waals surface area contributed by atoms with Crippen LogP contribution in [0, 0.1) is 11.8 Å².